The van der Waals surface area contributed by atoms with Gasteiger partial charge in [0.2, 0.25) is 0 Å². The number of nitrogens with two attached hydrogens (primary N) is 1. The molecule has 1 aliphatic rings. The number of nitrogen functional groups attached to an aromatic ring is 1. The molecule has 2 aromatic rings. The van der Waals surface area contributed by atoms with E-state index in [1.807, 2.05) is 19.1 Å². The average Bonchev–Trinajstić information content (AvgIpc) is 2.45. The first-order valence-corrected chi connectivity index (χ1v) is 7.23. The molecule has 4 heteroatoms. The number of benzene rings is 1. The van der Waals surface area contributed by atoms with E-state index in [0.29, 0.717) is 5.92 Å². The summed E-state index contributed by atoms with van der Waals surface area (Å²) in [7, 11) is 0. The van der Waals surface area contributed by atoms with Crippen LogP contribution in [-0.2, 0) is 6.42 Å². The second-order valence-electron chi connectivity index (χ2n) is 5.79. The zero-order valence-electron chi connectivity index (χ0n) is 12.4. The third-order valence-electron chi connectivity index (χ3n) is 4.01. The number of fused-ring (bicyclic) bond motifs is 1. The number of anilines is 2. The molecular weight excluding hydrogens is 260 g/mol. The Balaban J connectivity index is 2.18. The van der Waals surface area contributed by atoms with E-state index in [1.165, 1.54) is 11.3 Å². The third kappa shape index (κ3) is 2.37. The Kier molecular flexibility index (Phi) is 3.37. The first-order chi connectivity index (χ1) is 10.1. The summed E-state index contributed by atoms with van der Waals surface area (Å²) in [5.41, 5.74) is 10.0. The van der Waals surface area contributed by atoms with Gasteiger partial charge in [0.1, 0.15) is 11.7 Å². The van der Waals surface area contributed by atoms with Crippen molar-refractivity contribution in [3.05, 3.63) is 53.2 Å². The minimum atomic E-state index is 0.0753. The first kappa shape index (κ1) is 13.6. The van der Waals surface area contributed by atoms with Crippen molar-refractivity contribution in [2.24, 2.45) is 11.7 Å². The highest BCUT2D eigenvalue weighted by molar-refractivity contribution is 6.01. The summed E-state index contributed by atoms with van der Waals surface area (Å²) in [5, 5.41) is 7.88. The fourth-order valence-corrected chi connectivity index (χ4v) is 3.08. The van der Waals surface area contributed by atoms with Gasteiger partial charge in [0.25, 0.3) is 0 Å². The van der Waals surface area contributed by atoms with Gasteiger partial charge >= 0.3 is 0 Å². The van der Waals surface area contributed by atoms with Crippen molar-refractivity contribution >= 4 is 17.3 Å². The molecule has 21 heavy (non-hydrogen) atoms. The Morgan fingerprint density at radius 2 is 2.10 bits per heavy atom. The number of para-hydroxylation sites is 1. The Labute approximate surface area is 125 Å². The van der Waals surface area contributed by atoms with E-state index in [1.54, 1.807) is 6.20 Å². The van der Waals surface area contributed by atoms with E-state index < -0.39 is 0 Å². The quantitative estimate of drug-likeness (QED) is 0.656. The number of pyridine rings is 1. The third-order valence-corrected chi connectivity index (χ3v) is 4.01. The molecule has 0 radical (unpaired) electrons. The zero-order valence-corrected chi connectivity index (χ0v) is 12.4. The van der Waals surface area contributed by atoms with Crippen molar-refractivity contribution in [3.63, 3.8) is 0 Å². The Hall–Kier alpha value is -2.36. The molecular formula is C17H20N4. The highest BCUT2D eigenvalue weighted by atomic mass is 15.2. The van der Waals surface area contributed by atoms with Gasteiger partial charge in [-0.2, -0.15) is 0 Å². The van der Waals surface area contributed by atoms with Gasteiger partial charge in [0, 0.05) is 18.4 Å². The highest BCUT2D eigenvalue weighted by Gasteiger charge is 2.26. The van der Waals surface area contributed by atoms with E-state index >= 15 is 0 Å². The van der Waals surface area contributed by atoms with Gasteiger partial charge in [-0.15, -0.1) is 0 Å². The predicted octanol–water partition coefficient (Wildman–Crippen LogP) is 3.00. The minimum absolute atomic E-state index is 0.0753. The molecule has 3 rings (SSSR count). The van der Waals surface area contributed by atoms with E-state index in [4.69, 9.17) is 11.1 Å². The van der Waals surface area contributed by atoms with Gasteiger partial charge in [-0.05, 0) is 42.5 Å². The van der Waals surface area contributed by atoms with Crippen LogP contribution in [0.2, 0.25) is 0 Å². The molecule has 1 aromatic carbocycles. The molecule has 1 aromatic heterocycles. The second kappa shape index (κ2) is 5.20. The number of hydrogen-bond acceptors (Lipinski definition) is 3. The summed E-state index contributed by atoms with van der Waals surface area (Å²) < 4.78 is 0. The van der Waals surface area contributed by atoms with Gasteiger partial charge in [-0.1, -0.05) is 25.1 Å². The van der Waals surface area contributed by atoms with Crippen molar-refractivity contribution in [1.29, 1.82) is 5.41 Å². The SMILES string of the molecule is Cc1ccnc(N2CC(C)Cc3ccccc32)c1C(=N)N. The van der Waals surface area contributed by atoms with Gasteiger partial charge in [-0.3, -0.25) is 5.41 Å². The maximum atomic E-state index is 7.88. The summed E-state index contributed by atoms with van der Waals surface area (Å²) >= 11 is 0. The lowest BCUT2D eigenvalue weighted by atomic mass is 9.93. The van der Waals surface area contributed by atoms with Gasteiger partial charge < -0.3 is 10.6 Å². The minimum Gasteiger partial charge on any atom is -0.384 e. The number of nitrogens with zero attached hydrogens (tertiary/aromatic N) is 2. The molecule has 0 bridgehead atoms. The van der Waals surface area contributed by atoms with E-state index in [-0.39, 0.29) is 5.84 Å². The molecule has 1 aliphatic heterocycles. The molecule has 0 amide bonds. The van der Waals surface area contributed by atoms with Crippen LogP contribution in [0.1, 0.15) is 23.6 Å². The Morgan fingerprint density at radius 3 is 2.86 bits per heavy atom. The molecule has 0 fully saturated rings. The van der Waals surface area contributed by atoms with Crippen LogP contribution in [0.4, 0.5) is 11.5 Å². The highest BCUT2D eigenvalue weighted by Crippen LogP contribution is 2.36. The Morgan fingerprint density at radius 1 is 1.33 bits per heavy atom. The molecule has 0 saturated carbocycles. The number of amidine groups is 1. The van der Waals surface area contributed by atoms with Crippen LogP contribution in [0.15, 0.2) is 36.5 Å². The summed E-state index contributed by atoms with van der Waals surface area (Å²) in [5.74, 6) is 1.41. The van der Waals surface area contributed by atoms with Crippen LogP contribution < -0.4 is 10.6 Å². The summed E-state index contributed by atoms with van der Waals surface area (Å²) in [4.78, 5) is 6.72. The van der Waals surface area contributed by atoms with E-state index in [2.05, 4.69) is 35.0 Å². The van der Waals surface area contributed by atoms with Gasteiger partial charge in [0.15, 0.2) is 0 Å². The topological polar surface area (TPSA) is 66.0 Å². The van der Waals surface area contributed by atoms with Crippen LogP contribution in [-0.4, -0.2) is 17.4 Å². The average molecular weight is 280 g/mol. The lowest BCUT2D eigenvalue weighted by molar-refractivity contribution is 0.560. The second-order valence-corrected chi connectivity index (χ2v) is 5.79. The monoisotopic (exact) mass is 280 g/mol. The molecule has 108 valence electrons. The van der Waals surface area contributed by atoms with Crippen LogP contribution in [0.5, 0.6) is 0 Å². The molecule has 4 nitrogen and oxygen atoms in total. The zero-order chi connectivity index (χ0) is 15.0. The molecule has 0 aliphatic carbocycles. The van der Waals surface area contributed by atoms with E-state index in [9.17, 15) is 0 Å². The van der Waals surface area contributed by atoms with Crippen molar-refractivity contribution in [1.82, 2.24) is 4.98 Å². The molecule has 0 saturated heterocycles. The van der Waals surface area contributed by atoms with Gasteiger partial charge in [-0.25, -0.2) is 4.98 Å². The van der Waals surface area contributed by atoms with Crippen molar-refractivity contribution < 1.29 is 0 Å². The maximum Gasteiger partial charge on any atom is 0.144 e. The number of aromatic nitrogens is 1. The van der Waals surface area contributed by atoms with Crippen LogP contribution in [0, 0.1) is 18.3 Å². The first-order valence-electron chi connectivity index (χ1n) is 7.23. The summed E-state index contributed by atoms with van der Waals surface area (Å²) in [6.45, 7) is 5.11. The van der Waals surface area contributed by atoms with Crippen LogP contribution in [0.25, 0.3) is 0 Å². The number of hydrogen-bond donors (Lipinski definition) is 2. The normalized spacial score (nSPS) is 17.4. The molecule has 1 unspecified atom stereocenters. The summed E-state index contributed by atoms with van der Waals surface area (Å²) in [6, 6.07) is 10.3. The van der Waals surface area contributed by atoms with Crippen molar-refractivity contribution in [2.45, 2.75) is 20.3 Å². The predicted molar refractivity (Wildman–Crippen MR) is 86.3 cm³/mol. The number of nitrogens with one attached hydrogen (secondary N) is 1. The fourth-order valence-electron chi connectivity index (χ4n) is 3.08. The maximum absolute atomic E-state index is 7.88. The van der Waals surface area contributed by atoms with Gasteiger partial charge in [0.05, 0.1) is 5.56 Å². The largest absolute Gasteiger partial charge is 0.384 e. The van der Waals surface area contributed by atoms with Crippen molar-refractivity contribution in [3.8, 4) is 0 Å². The van der Waals surface area contributed by atoms with Crippen LogP contribution in [0.3, 0.4) is 0 Å². The lowest BCUT2D eigenvalue weighted by Gasteiger charge is -2.35. The lowest BCUT2D eigenvalue weighted by Crippen LogP contribution is -2.33. The molecule has 2 heterocycles. The fraction of sp³-hybridized carbons (Fsp3) is 0.294. The summed E-state index contributed by atoms with van der Waals surface area (Å²) in [6.07, 6.45) is 2.87. The van der Waals surface area contributed by atoms with E-state index in [0.717, 1.165) is 29.9 Å². The molecule has 0 spiro atoms. The Bertz CT molecular complexity index is 693. The number of rotatable bonds is 2. The number of aryl methyl sites for hydroxylation is 1. The van der Waals surface area contributed by atoms with Crippen molar-refractivity contribution in [2.75, 3.05) is 11.4 Å². The standard InChI is InChI=1S/C17H20N4/c1-11-9-13-5-3-4-6-14(13)21(10-11)17-15(16(18)19)12(2)7-8-20-17/h3-8,11H,9-10H2,1-2H3,(H3,18,19). The molecule has 3 N–H and O–H groups in total. The molecule has 1 atom stereocenters. The van der Waals surface area contributed by atoms with Crippen LogP contribution >= 0.6 is 0 Å². The smallest absolute Gasteiger partial charge is 0.144 e.